The van der Waals surface area contributed by atoms with E-state index in [-0.39, 0.29) is 16.1 Å². The van der Waals surface area contributed by atoms with Gasteiger partial charge in [0, 0.05) is 6.42 Å². The molecule has 0 aromatic heterocycles. The van der Waals surface area contributed by atoms with Crippen LogP contribution in [0.5, 0.6) is 0 Å². The SMILES string of the molecule is CC(C)(C)[Si](OC1(O[Si](c2ccccc2)(c2ccccc2)C(C)(C)C)C=CC(C(N)c2ccccc2)=CC1)(c1ccccc1)c1ccccc1. The monoisotopic (exact) mass is 693 g/mol. The van der Waals surface area contributed by atoms with Crippen molar-refractivity contribution < 1.29 is 8.85 Å². The first-order chi connectivity index (χ1) is 23.9. The fourth-order valence-corrected chi connectivity index (χ4v) is 17.1. The third-order valence-corrected chi connectivity index (χ3v) is 20.3. The maximum absolute atomic E-state index is 8.11. The first kappa shape index (κ1) is 35.7. The van der Waals surface area contributed by atoms with Crippen LogP contribution in [0.25, 0.3) is 0 Å². The molecule has 0 aliphatic heterocycles. The van der Waals surface area contributed by atoms with Crippen molar-refractivity contribution in [2.45, 2.75) is 69.9 Å². The van der Waals surface area contributed by atoms with E-state index in [2.05, 4.69) is 193 Å². The summed E-state index contributed by atoms with van der Waals surface area (Å²) in [4.78, 5) is 0. The number of hydrogen-bond acceptors (Lipinski definition) is 3. The van der Waals surface area contributed by atoms with E-state index >= 15 is 0 Å². The Kier molecular flexibility index (Phi) is 10.2. The van der Waals surface area contributed by atoms with Crippen LogP contribution in [-0.2, 0) is 8.85 Å². The molecule has 5 heteroatoms. The average molecular weight is 694 g/mol. The van der Waals surface area contributed by atoms with Crippen molar-refractivity contribution >= 4 is 37.4 Å². The second-order valence-electron chi connectivity index (χ2n) is 15.5. The summed E-state index contributed by atoms with van der Waals surface area (Å²) in [5, 5.41) is 4.36. The van der Waals surface area contributed by atoms with Crippen molar-refractivity contribution in [2.75, 3.05) is 0 Å². The lowest BCUT2D eigenvalue weighted by atomic mass is 9.93. The highest BCUT2D eigenvalue weighted by atomic mass is 28.4. The molecule has 0 amide bonds. The van der Waals surface area contributed by atoms with E-state index in [9.17, 15) is 0 Å². The summed E-state index contributed by atoms with van der Waals surface area (Å²) in [6, 6.07) is 53.5. The highest BCUT2D eigenvalue weighted by Crippen LogP contribution is 2.46. The second kappa shape index (κ2) is 14.3. The lowest BCUT2D eigenvalue weighted by molar-refractivity contribution is -0.0849. The molecule has 256 valence electrons. The Labute approximate surface area is 301 Å². The molecule has 5 aromatic carbocycles. The fourth-order valence-electron chi connectivity index (χ4n) is 7.69. The summed E-state index contributed by atoms with van der Waals surface area (Å²) < 4.78 is 16.2. The van der Waals surface area contributed by atoms with Crippen LogP contribution in [0.3, 0.4) is 0 Å². The van der Waals surface area contributed by atoms with E-state index in [1.807, 2.05) is 18.2 Å². The zero-order valence-corrected chi connectivity index (χ0v) is 32.3. The van der Waals surface area contributed by atoms with Gasteiger partial charge in [-0.2, -0.15) is 0 Å². The van der Waals surface area contributed by atoms with E-state index < -0.39 is 22.4 Å². The summed E-state index contributed by atoms with van der Waals surface area (Å²) in [6.07, 6.45) is 7.14. The van der Waals surface area contributed by atoms with Crippen molar-refractivity contribution in [2.24, 2.45) is 5.73 Å². The Hall–Kier alpha value is -4.11. The van der Waals surface area contributed by atoms with Gasteiger partial charge in [-0.1, -0.05) is 205 Å². The highest BCUT2D eigenvalue weighted by Gasteiger charge is 2.59. The lowest BCUT2D eigenvalue weighted by Crippen LogP contribution is -2.74. The van der Waals surface area contributed by atoms with Crippen LogP contribution in [0.4, 0.5) is 0 Å². The highest BCUT2D eigenvalue weighted by molar-refractivity contribution is 7.00. The molecule has 0 saturated carbocycles. The smallest absolute Gasteiger partial charge is 0.265 e. The molecule has 6 rings (SSSR count). The summed E-state index contributed by atoms with van der Waals surface area (Å²) in [5.41, 5.74) is 9.07. The molecule has 0 saturated heterocycles. The van der Waals surface area contributed by atoms with Crippen molar-refractivity contribution in [3.05, 3.63) is 181 Å². The number of nitrogens with two attached hydrogens (primary N) is 1. The molecule has 0 spiro atoms. The van der Waals surface area contributed by atoms with Crippen molar-refractivity contribution in [1.29, 1.82) is 0 Å². The molecule has 0 radical (unpaired) electrons. The normalized spacial score (nSPS) is 15.7. The molecule has 0 heterocycles. The molecule has 50 heavy (non-hydrogen) atoms. The zero-order chi connectivity index (χ0) is 35.5. The predicted octanol–water partition coefficient (Wildman–Crippen LogP) is 8.42. The molecular formula is C45H51NO2Si2. The Morgan fingerprint density at radius 1 is 0.520 bits per heavy atom. The van der Waals surface area contributed by atoms with Crippen LogP contribution >= 0.6 is 0 Å². The van der Waals surface area contributed by atoms with E-state index in [1.165, 1.54) is 20.7 Å². The zero-order valence-electron chi connectivity index (χ0n) is 30.3. The van der Waals surface area contributed by atoms with Gasteiger partial charge in [-0.05, 0) is 48.0 Å². The van der Waals surface area contributed by atoms with Crippen LogP contribution in [0.1, 0.15) is 59.6 Å². The maximum atomic E-state index is 8.11. The molecule has 5 aromatic rings. The molecule has 0 fully saturated rings. The Balaban J connectivity index is 1.61. The van der Waals surface area contributed by atoms with Gasteiger partial charge in [0.05, 0.1) is 6.04 Å². The quantitative estimate of drug-likeness (QED) is 0.118. The van der Waals surface area contributed by atoms with Gasteiger partial charge in [-0.25, -0.2) is 0 Å². The van der Waals surface area contributed by atoms with Crippen LogP contribution in [0.2, 0.25) is 10.1 Å². The van der Waals surface area contributed by atoms with Crippen LogP contribution in [-0.4, -0.2) is 22.4 Å². The number of benzene rings is 5. The third kappa shape index (κ3) is 6.69. The van der Waals surface area contributed by atoms with Crippen LogP contribution in [0.15, 0.2) is 175 Å². The first-order valence-electron chi connectivity index (χ1n) is 17.7. The predicted molar refractivity (Wildman–Crippen MR) is 215 cm³/mol. The lowest BCUT2D eigenvalue weighted by Gasteiger charge is -2.54. The topological polar surface area (TPSA) is 44.5 Å². The van der Waals surface area contributed by atoms with E-state index in [1.54, 1.807) is 0 Å². The van der Waals surface area contributed by atoms with Crippen molar-refractivity contribution in [3.8, 4) is 0 Å². The van der Waals surface area contributed by atoms with Crippen LogP contribution < -0.4 is 26.5 Å². The molecule has 0 bridgehead atoms. The number of rotatable bonds is 10. The minimum atomic E-state index is -3.10. The van der Waals surface area contributed by atoms with Crippen molar-refractivity contribution in [3.63, 3.8) is 0 Å². The molecule has 2 N–H and O–H groups in total. The van der Waals surface area contributed by atoms with Gasteiger partial charge < -0.3 is 14.6 Å². The Bertz CT molecular complexity index is 1710. The van der Waals surface area contributed by atoms with Crippen molar-refractivity contribution in [1.82, 2.24) is 0 Å². The first-order valence-corrected chi connectivity index (χ1v) is 21.6. The maximum Gasteiger partial charge on any atom is 0.265 e. The van der Waals surface area contributed by atoms with Gasteiger partial charge in [0.15, 0.2) is 5.79 Å². The standard InChI is InChI=1S/C45H51NO2Si2/c1-43(2,3)49(38-24-14-8-15-25-38,39-26-16-9-17-27-39)47-45(34-32-37(33-35-45)42(46)36-22-12-7-13-23-36)48-50(44(4,5)6,40-28-18-10-19-29-40)41-30-20-11-21-31-41/h7-34,42H,35,46H2,1-6H3. The van der Waals surface area contributed by atoms with Crippen LogP contribution in [0, 0.1) is 0 Å². The molecular weight excluding hydrogens is 643 g/mol. The molecule has 1 aliphatic rings. The van der Waals surface area contributed by atoms with E-state index in [4.69, 9.17) is 14.6 Å². The summed E-state index contributed by atoms with van der Waals surface area (Å²) in [7, 11) is -6.19. The second-order valence-corrected chi connectivity index (χ2v) is 23.9. The molecule has 1 unspecified atom stereocenters. The van der Waals surface area contributed by atoms with Gasteiger partial charge in [-0.15, -0.1) is 0 Å². The summed E-state index contributed by atoms with van der Waals surface area (Å²) in [6.45, 7) is 14.0. The van der Waals surface area contributed by atoms with Gasteiger partial charge in [0.25, 0.3) is 16.6 Å². The summed E-state index contributed by atoms with van der Waals surface area (Å²) in [5.74, 6) is -1.10. The van der Waals surface area contributed by atoms with E-state index in [0.29, 0.717) is 6.42 Å². The van der Waals surface area contributed by atoms with Gasteiger partial charge in [0.1, 0.15) is 0 Å². The minimum Gasteiger partial charge on any atom is -0.378 e. The van der Waals surface area contributed by atoms with Gasteiger partial charge in [0.2, 0.25) is 0 Å². The molecule has 3 nitrogen and oxygen atoms in total. The average Bonchev–Trinajstić information content (AvgIpc) is 3.14. The minimum absolute atomic E-state index is 0.254. The third-order valence-electron chi connectivity index (χ3n) is 10.2. The Morgan fingerprint density at radius 3 is 1.12 bits per heavy atom. The summed E-state index contributed by atoms with van der Waals surface area (Å²) >= 11 is 0. The number of hydrogen-bond donors (Lipinski definition) is 1. The fraction of sp³-hybridized carbons (Fsp3) is 0.244. The van der Waals surface area contributed by atoms with Gasteiger partial charge >= 0.3 is 0 Å². The Morgan fingerprint density at radius 2 is 0.840 bits per heavy atom. The van der Waals surface area contributed by atoms with E-state index in [0.717, 1.165) is 11.1 Å². The largest absolute Gasteiger partial charge is 0.378 e. The molecule has 1 aliphatic carbocycles. The van der Waals surface area contributed by atoms with Gasteiger partial charge in [-0.3, -0.25) is 0 Å². The molecule has 1 atom stereocenters.